The molecule has 0 spiro atoms. The van der Waals surface area contributed by atoms with Crippen LogP contribution in [-0.4, -0.2) is 38.5 Å². The number of imide groups is 1. The standard InChI is InChI=1S/C16H23N3O6S/c1-9(2)13(15(21)25-11(4)14(20)18-16(17)22)19-26(23,24)12-7-5-10(3)6-8-12/h5-9,11,13,19H,1-4H3,(H3,17,18,20,22)/t11-,13+/m1/s1. The Bertz CT molecular complexity index is 774. The predicted octanol–water partition coefficient (Wildman–Crippen LogP) is 0.425. The number of rotatable bonds is 7. The van der Waals surface area contributed by atoms with Crippen LogP contribution in [0.5, 0.6) is 0 Å². The number of amides is 3. The second kappa shape index (κ2) is 8.77. The van der Waals surface area contributed by atoms with Crippen LogP contribution in [0.4, 0.5) is 4.79 Å². The normalized spacial score (nSPS) is 13.7. The average molecular weight is 385 g/mol. The van der Waals surface area contributed by atoms with Crippen molar-refractivity contribution in [3.05, 3.63) is 29.8 Å². The van der Waals surface area contributed by atoms with Crippen LogP contribution in [0, 0.1) is 12.8 Å². The first kappa shape index (κ1) is 21.6. The summed E-state index contributed by atoms with van der Waals surface area (Å²) in [5, 5.41) is 1.78. The number of benzene rings is 1. The minimum Gasteiger partial charge on any atom is -0.451 e. The van der Waals surface area contributed by atoms with Crippen LogP contribution in [0.2, 0.25) is 0 Å². The molecule has 1 rings (SSSR count). The number of urea groups is 1. The number of aryl methyl sites for hydroxylation is 1. The maximum atomic E-state index is 12.5. The van der Waals surface area contributed by atoms with Crippen LogP contribution >= 0.6 is 0 Å². The van der Waals surface area contributed by atoms with Gasteiger partial charge < -0.3 is 10.5 Å². The maximum Gasteiger partial charge on any atom is 0.325 e. The molecule has 0 fully saturated rings. The Morgan fingerprint density at radius 2 is 1.62 bits per heavy atom. The molecule has 26 heavy (non-hydrogen) atoms. The van der Waals surface area contributed by atoms with Gasteiger partial charge in [-0.15, -0.1) is 0 Å². The van der Waals surface area contributed by atoms with Crippen molar-refractivity contribution in [2.45, 2.75) is 44.7 Å². The van der Waals surface area contributed by atoms with Crippen LogP contribution in [-0.2, 0) is 24.3 Å². The Balaban J connectivity index is 2.91. The Hall–Kier alpha value is -2.46. The largest absolute Gasteiger partial charge is 0.451 e. The van der Waals surface area contributed by atoms with Crippen LogP contribution in [0.3, 0.4) is 0 Å². The predicted molar refractivity (Wildman–Crippen MR) is 93.4 cm³/mol. The SMILES string of the molecule is Cc1ccc(S(=O)(=O)N[C@H](C(=O)O[C@H](C)C(=O)NC(N)=O)C(C)C)cc1. The van der Waals surface area contributed by atoms with Crippen LogP contribution in [0.25, 0.3) is 0 Å². The zero-order chi connectivity index (χ0) is 20.1. The third kappa shape index (κ3) is 6.12. The highest BCUT2D eigenvalue weighted by atomic mass is 32.2. The number of carbonyl (C=O) groups is 3. The van der Waals surface area contributed by atoms with E-state index in [4.69, 9.17) is 10.5 Å². The summed E-state index contributed by atoms with van der Waals surface area (Å²) in [7, 11) is -3.97. The maximum absolute atomic E-state index is 12.5. The van der Waals surface area contributed by atoms with Crippen molar-refractivity contribution in [1.29, 1.82) is 0 Å². The first-order valence-electron chi connectivity index (χ1n) is 7.84. The lowest BCUT2D eigenvalue weighted by molar-refractivity contribution is -0.157. The van der Waals surface area contributed by atoms with Gasteiger partial charge in [0.05, 0.1) is 4.90 Å². The number of carbonyl (C=O) groups excluding carboxylic acids is 3. The summed E-state index contributed by atoms with van der Waals surface area (Å²) < 4.78 is 32.2. The lowest BCUT2D eigenvalue weighted by Gasteiger charge is -2.22. The molecule has 0 aliphatic heterocycles. The summed E-state index contributed by atoms with van der Waals surface area (Å²) in [4.78, 5) is 34.6. The molecule has 1 aromatic carbocycles. The van der Waals surface area contributed by atoms with E-state index in [1.54, 1.807) is 31.3 Å². The summed E-state index contributed by atoms with van der Waals surface area (Å²) in [5.41, 5.74) is 5.71. The number of hydrogen-bond acceptors (Lipinski definition) is 6. The summed E-state index contributed by atoms with van der Waals surface area (Å²) in [6.45, 7) is 6.30. The molecule has 0 heterocycles. The van der Waals surface area contributed by atoms with E-state index in [-0.39, 0.29) is 4.90 Å². The smallest absolute Gasteiger partial charge is 0.325 e. The molecule has 0 aliphatic rings. The van der Waals surface area contributed by atoms with E-state index in [0.29, 0.717) is 0 Å². The van der Waals surface area contributed by atoms with Crippen molar-refractivity contribution in [3.8, 4) is 0 Å². The second-order valence-electron chi connectivity index (χ2n) is 6.09. The highest BCUT2D eigenvalue weighted by Gasteiger charge is 2.32. The van der Waals surface area contributed by atoms with Gasteiger partial charge in [0, 0.05) is 0 Å². The van der Waals surface area contributed by atoms with Crippen molar-refractivity contribution in [2.75, 3.05) is 0 Å². The first-order chi connectivity index (χ1) is 11.9. The van der Waals surface area contributed by atoms with Crippen molar-refractivity contribution in [3.63, 3.8) is 0 Å². The molecule has 1 aromatic rings. The van der Waals surface area contributed by atoms with Crippen molar-refractivity contribution in [1.82, 2.24) is 10.0 Å². The number of nitrogens with two attached hydrogens (primary N) is 1. The number of primary amides is 1. The van der Waals surface area contributed by atoms with Crippen molar-refractivity contribution in [2.24, 2.45) is 11.7 Å². The molecular formula is C16H23N3O6S. The van der Waals surface area contributed by atoms with Gasteiger partial charge in [-0.05, 0) is 31.9 Å². The highest BCUT2D eigenvalue weighted by Crippen LogP contribution is 2.14. The Labute approximate surface area is 152 Å². The molecule has 0 aromatic heterocycles. The molecule has 0 bridgehead atoms. The van der Waals surface area contributed by atoms with E-state index in [1.807, 2.05) is 6.92 Å². The third-order valence-electron chi connectivity index (χ3n) is 3.44. The number of esters is 1. The Morgan fingerprint density at radius 1 is 1.08 bits per heavy atom. The molecule has 0 unspecified atom stereocenters. The molecule has 3 amide bonds. The quantitative estimate of drug-likeness (QED) is 0.580. The summed E-state index contributed by atoms with van der Waals surface area (Å²) in [6.07, 6.45) is -1.32. The molecule has 10 heteroatoms. The van der Waals surface area contributed by atoms with E-state index in [1.165, 1.54) is 19.1 Å². The van der Waals surface area contributed by atoms with E-state index in [2.05, 4.69) is 4.72 Å². The highest BCUT2D eigenvalue weighted by molar-refractivity contribution is 7.89. The first-order valence-corrected chi connectivity index (χ1v) is 9.32. The van der Waals surface area contributed by atoms with Gasteiger partial charge in [-0.1, -0.05) is 31.5 Å². The number of hydrogen-bond donors (Lipinski definition) is 3. The topological polar surface area (TPSA) is 145 Å². The fraction of sp³-hybridized carbons (Fsp3) is 0.438. The molecule has 0 radical (unpaired) electrons. The van der Waals surface area contributed by atoms with Gasteiger partial charge in [-0.3, -0.25) is 14.9 Å². The van der Waals surface area contributed by atoms with Crippen LogP contribution in [0.15, 0.2) is 29.2 Å². The molecule has 4 N–H and O–H groups in total. The summed E-state index contributed by atoms with van der Waals surface area (Å²) in [6, 6.07) is 3.80. The van der Waals surface area contributed by atoms with Gasteiger partial charge in [0.1, 0.15) is 6.04 Å². The van der Waals surface area contributed by atoms with Crippen LogP contribution in [0.1, 0.15) is 26.3 Å². The molecule has 144 valence electrons. The van der Waals surface area contributed by atoms with E-state index >= 15 is 0 Å². The Kier molecular flexibility index (Phi) is 7.28. The fourth-order valence-electron chi connectivity index (χ4n) is 1.93. The lowest BCUT2D eigenvalue weighted by Crippen LogP contribution is -2.48. The molecular weight excluding hydrogens is 362 g/mol. The average Bonchev–Trinajstić information content (AvgIpc) is 2.52. The number of sulfonamides is 1. The van der Waals surface area contributed by atoms with Gasteiger partial charge in [0.2, 0.25) is 10.0 Å². The van der Waals surface area contributed by atoms with Gasteiger partial charge in [-0.25, -0.2) is 13.2 Å². The monoisotopic (exact) mass is 385 g/mol. The Morgan fingerprint density at radius 3 is 2.08 bits per heavy atom. The molecule has 0 saturated carbocycles. The van der Waals surface area contributed by atoms with E-state index < -0.39 is 46.0 Å². The number of ether oxygens (including phenoxy) is 1. The lowest BCUT2D eigenvalue weighted by atomic mass is 10.1. The van der Waals surface area contributed by atoms with Crippen molar-refractivity contribution >= 4 is 27.9 Å². The summed E-state index contributed by atoms with van der Waals surface area (Å²) >= 11 is 0. The molecule has 9 nitrogen and oxygen atoms in total. The van der Waals surface area contributed by atoms with Gasteiger partial charge >= 0.3 is 12.0 Å². The zero-order valence-corrected chi connectivity index (χ0v) is 15.8. The van der Waals surface area contributed by atoms with Gasteiger partial charge in [-0.2, -0.15) is 4.72 Å². The van der Waals surface area contributed by atoms with Crippen LogP contribution < -0.4 is 15.8 Å². The molecule has 0 aliphatic carbocycles. The minimum absolute atomic E-state index is 0.000991. The molecule has 0 saturated heterocycles. The number of nitrogens with one attached hydrogen (secondary N) is 2. The molecule has 2 atom stereocenters. The van der Waals surface area contributed by atoms with Gasteiger partial charge in [0.25, 0.3) is 5.91 Å². The zero-order valence-electron chi connectivity index (χ0n) is 15.0. The minimum atomic E-state index is -3.97. The summed E-state index contributed by atoms with van der Waals surface area (Å²) in [5.74, 6) is -2.30. The second-order valence-corrected chi connectivity index (χ2v) is 7.80. The van der Waals surface area contributed by atoms with Crippen molar-refractivity contribution < 1.29 is 27.5 Å². The third-order valence-corrected chi connectivity index (χ3v) is 4.90. The fourth-order valence-corrected chi connectivity index (χ4v) is 3.27. The van der Waals surface area contributed by atoms with E-state index in [9.17, 15) is 22.8 Å². The van der Waals surface area contributed by atoms with E-state index in [0.717, 1.165) is 5.56 Å². The van der Waals surface area contributed by atoms with Gasteiger partial charge in [0.15, 0.2) is 6.10 Å².